The van der Waals surface area contributed by atoms with Crippen LogP contribution in [0.5, 0.6) is 11.5 Å². The number of thioether (sulfide) groups is 1. The van der Waals surface area contributed by atoms with Crippen LogP contribution in [-0.4, -0.2) is 33.2 Å². The second-order valence-corrected chi connectivity index (χ2v) is 5.90. The van der Waals surface area contributed by atoms with Crippen molar-refractivity contribution in [1.29, 1.82) is 5.26 Å². The molecule has 0 aliphatic rings. The van der Waals surface area contributed by atoms with Crippen molar-refractivity contribution in [2.24, 2.45) is 0 Å². The number of nitriles is 1. The van der Waals surface area contributed by atoms with Crippen molar-refractivity contribution >= 4 is 40.4 Å². The van der Waals surface area contributed by atoms with E-state index in [0.29, 0.717) is 22.5 Å². The lowest BCUT2D eigenvalue weighted by atomic mass is 10.1. The molecule has 0 fully saturated rings. The molecule has 0 spiro atoms. The number of phenolic OH excluding ortho intramolecular Hbond substituents is 1. The molecule has 1 aromatic carbocycles. The minimum atomic E-state index is -0.577. The molecule has 0 saturated carbocycles. The maximum absolute atomic E-state index is 12.2. The SMILES string of the molecule is CCOc1cc(/C=C(/C#N)C(=O)Nc2nc(SC)ns2)ccc1O. The van der Waals surface area contributed by atoms with Gasteiger partial charge in [-0.1, -0.05) is 17.8 Å². The Morgan fingerprint density at radius 3 is 3.00 bits per heavy atom. The summed E-state index contributed by atoms with van der Waals surface area (Å²) in [7, 11) is 0. The van der Waals surface area contributed by atoms with Crippen molar-refractivity contribution in [2.45, 2.75) is 12.1 Å². The van der Waals surface area contributed by atoms with E-state index in [4.69, 9.17) is 4.74 Å². The molecular formula is C15H14N4O3S2. The summed E-state index contributed by atoms with van der Waals surface area (Å²) >= 11 is 2.40. The number of benzene rings is 1. The Morgan fingerprint density at radius 1 is 1.58 bits per heavy atom. The van der Waals surface area contributed by atoms with Crippen LogP contribution in [0, 0.1) is 11.3 Å². The van der Waals surface area contributed by atoms with Crippen molar-refractivity contribution in [3.8, 4) is 17.6 Å². The summed E-state index contributed by atoms with van der Waals surface area (Å²) in [4.78, 5) is 16.3. The third kappa shape index (κ3) is 4.47. The van der Waals surface area contributed by atoms with Gasteiger partial charge in [-0.2, -0.15) is 14.6 Å². The number of nitrogens with zero attached hydrogens (tertiary/aromatic N) is 3. The molecule has 1 heterocycles. The summed E-state index contributed by atoms with van der Waals surface area (Å²) in [6.45, 7) is 2.18. The third-order valence-electron chi connectivity index (χ3n) is 2.77. The molecule has 7 nitrogen and oxygen atoms in total. The number of aromatic nitrogens is 2. The molecule has 0 atom stereocenters. The molecule has 2 rings (SSSR count). The Hall–Kier alpha value is -2.57. The monoisotopic (exact) mass is 362 g/mol. The first kappa shape index (κ1) is 17.8. The van der Waals surface area contributed by atoms with Crippen LogP contribution in [0.4, 0.5) is 5.13 Å². The third-order valence-corrected chi connectivity index (χ3v) is 4.06. The van der Waals surface area contributed by atoms with Crippen LogP contribution in [-0.2, 0) is 4.79 Å². The number of carbonyl (C=O) groups excluding carboxylic acids is 1. The quantitative estimate of drug-likeness (QED) is 0.462. The smallest absolute Gasteiger partial charge is 0.268 e. The minimum absolute atomic E-state index is 0.00425. The first-order chi connectivity index (χ1) is 11.6. The summed E-state index contributed by atoms with van der Waals surface area (Å²) in [5.41, 5.74) is 0.467. The molecule has 124 valence electrons. The summed E-state index contributed by atoms with van der Waals surface area (Å²) in [6, 6.07) is 6.44. The van der Waals surface area contributed by atoms with Crippen LogP contribution in [0.25, 0.3) is 6.08 Å². The van der Waals surface area contributed by atoms with Crippen LogP contribution in [0.2, 0.25) is 0 Å². The fourth-order valence-corrected chi connectivity index (χ4v) is 2.84. The highest BCUT2D eigenvalue weighted by atomic mass is 32.2. The van der Waals surface area contributed by atoms with E-state index in [2.05, 4.69) is 14.7 Å². The van der Waals surface area contributed by atoms with Gasteiger partial charge in [-0.05, 0) is 37.0 Å². The standard InChI is InChI=1S/C15H14N4O3S2/c1-3-22-12-7-9(4-5-11(12)20)6-10(8-16)13(21)17-14-18-15(23-2)19-24-14/h4-7,20H,3H2,1-2H3,(H,17,18,19,21)/b10-6-. The van der Waals surface area contributed by atoms with Gasteiger partial charge in [0.1, 0.15) is 11.6 Å². The van der Waals surface area contributed by atoms with Gasteiger partial charge in [0.05, 0.1) is 6.61 Å². The Bertz CT molecular complexity index is 811. The molecule has 24 heavy (non-hydrogen) atoms. The molecule has 0 aliphatic carbocycles. The van der Waals surface area contributed by atoms with Crippen molar-refractivity contribution in [3.63, 3.8) is 0 Å². The van der Waals surface area contributed by atoms with Gasteiger partial charge in [0, 0.05) is 11.5 Å². The molecule has 0 bridgehead atoms. The minimum Gasteiger partial charge on any atom is -0.504 e. The van der Waals surface area contributed by atoms with Gasteiger partial charge in [-0.25, -0.2) is 0 Å². The molecule has 9 heteroatoms. The van der Waals surface area contributed by atoms with Gasteiger partial charge in [0.15, 0.2) is 11.5 Å². The van der Waals surface area contributed by atoms with Crippen LogP contribution in [0.1, 0.15) is 12.5 Å². The lowest BCUT2D eigenvalue weighted by Crippen LogP contribution is -2.13. The van der Waals surface area contributed by atoms with E-state index >= 15 is 0 Å². The number of carbonyl (C=O) groups is 1. The zero-order chi connectivity index (χ0) is 17.5. The number of aromatic hydroxyl groups is 1. The molecule has 1 aromatic heterocycles. The second-order valence-electron chi connectivity index (χ2n) is 4.37. The highest BCUT2D eigenvalue weighted by molar-refractivity contribution is 7.98. The highest BCUT2D eigenvalue weighted by Crippen LogP contribution is 2.28. The summed E-state index contributed by atoms with van der Waals surface area (Å²) in [6.07, 6.45) is 3.24. The largest absolute Gasteiger partial charge is 0.504 e. The molecule has 2 aromatic rings. The lowest BCUT2D eigenvalue weighted by Gasteiger charge is -2.06. The molecule has 2 N–H and O–H groups in total. The van der Waals surface area contributed by atoms with Crippen LogP contribution >= 0.6 is 23.3 Å². The average molecular weight is 362 g/mol. The van der Waals surface area contributed by atoms with Gasteiger partial charge in [-0.15, -0.1) is 0 Å². The van der Waals surface area contributed by atoms with E-state index in [1.807, 2.05) is 12.3 Å². The average Bonchev–Trinajstić information content (AvgIpc) is 3.03. The van der Waals surface area contributed by atoms with Crippen molar-refractivity contribution in [3.05, 3.63) is 29.3 Å². The normalized spacial score (nSPS) is 11.0. The van der Waals surface area contributed by atoms with Gasteiger partial charge >= 0.3 is 0 Å². The van der Waals surface area contributed by atoms with E-state index < -0.39 is 5.91 Å². The van der Waals surface area contributed by atoms with Crippen molar-refractivity contribution in [1.82, 2.24) is 9.36 Å². The number of phenols is 1. The van der Waals surface area contributed by atoms with E-state index in [0.717, 1.165) is 11.5 Å². The van der Waals surface area contributed by atoms with Crippen LogP contribution in [0.3, 0.4) is 0 Å². The number of nitrogens with one attached hydrogen (secondary N) is 1. The molecule has 0 saturated heterocycles. The molecule has 1 amide bonds. The maximum atomic E-state index is 12.2. The second kappa shape index (κ2) is 8.33. The van der Waals surface area contributed by atoms with Crippen LogP contribution in [0.15, 0.2) is 28.9 Å². The van der Waals surface area contributed by atoms with Gasteiger partial charge in [0.25, 0.3) is 5.91 Å². The number of ether oxygens (including phenoxy) is 1. The molecule has 0 aliphatic heterocycles. The predicted octanol–water partition coefficient (Wildman–Crippen LogP) is 2.91. The summed E-state index contributed by atoms with van der Waals surface area (Å²) < 4.78 is 9.31. The zero-order valence-electron chi connectivity index (χ0n) is 12.9. The first-order valence-electron chi connectivity index (χ1n) is 6.84. The van der Waals surface area contributed by atoms with E-state index in [-0.39, 0.29) is 17.1 Å². The number of hydrogen-bond donors (Lipinski definition) is 2. The fourth-order valence-electron chi connectivity index (χ4n) is 1.71. The number of rotatable bonds is 6. The molecule has 0 radical (unpaired) electrons. The van der Waals surface area contributed by atoms with E-state index in [1.165, 1.54) is 23.9 Å². The Morgan fingerprint density at radius 2 is 2.38 bits per heavy atom. The van der Waals surface area contributed by atoms with Crippen molar-refractivity contribution < 1.29 is 14.6 Å². The maximum Gasteiger partial charge on any atom is 0.268 e. The Labute approximate surface area is 147 Å². The fraction of sp³-hybridized carbons (Fsp3) is 0.200. The molecular weight excluding hydrogens is 348 g/mol. The summed E-state index contributed by atoms with van der Waals surface area (Å²) in [5.74, 6) is -0.291. The van der Waals surface area contributed by atoms with E-state index in [1.54, 1.807) is 19.1 Å². The Balaban J connectivity index is 2.20. The first-order valence-corrected chi connectivity index (χ1v) is 8.83. The van der Waals surface area contributed by atoms with Gasteiger partial charge < -0.3 is 9.84 Å². The van der Waals surface area contributed by atoms with Gasteiger partial charge in [-0.3, -0.25) is 10.1 Å². The number of amides is 1. The number of hydrogen-bond acceptors (Lipinski definition) is 8. The summed E-state index contributed by atoms with van der Waals surface area (Å²) in [5, 5.41) is 22.3. The lowest BCUT2D eigenvalue weighted by molar-refractivity contribution is -0.112. The number of anilines is 1. The van der Waals surface area contributed by atoms with E-state index in [9.17, 15) is 15.2 Å². The highest BCUT2D eigenvalue weighted by Gasteiger charge is 2.13. The topological polar surface area (TPSA) is 108 Å². The molecule has 0 unspecified atom stereocenters. The zero-order valence-corrected chi connectivity index (χ0v) is 14.6. The van der Waals surface area contributed by atoms with Crippen molar-refractivity contribution in [2.75, 3.05) is 18.2 Å². The Kier molecular flexibility index (Phi) is 6.17. The van der Waals surface area contributed by atoms with Crippen LogP contribution < -0.4 is 10.1 Å². The predicted molar refractivity (Wildman–Crippen MR) is 93.2 cm³/mol. The van der Waals surface area contributed by atoms with Gasteiger partial charge in [0.2, 0.25) is 10.3 Å².